The smallest absolute Gasteiger partial charge is 0.275 e. The number of ether oxygens (including phenoxy) is 1. The van der Waals surface area contributed by atoms with Gasteiger partial charge in [0.2, 0.25) is 10.0 Å². The molecule has 0 spiro atoms. The highest BCUT2D eigenvalue weighted by atomic mass is 32.2. The Labute approximate surface area is 222 Å². The number of benzene rings is 1. The number of fused-ring (bicyclic) bond motifs is 1. The van der Waals surface area contributed by atoms with Crippen LogP contribution >= 0.6 is 0 Å². The number of aryl methyl sites for hydroxylation is 2. The maximum absolute atomic E-state index is 13.6. The molecule has 3 N–H and O–H groups in total. The minimum Gasteiger partial charge on any atom is -0.493 e. The molecule has 1 fully saturated rings. The molecule has 2 aromatic heterocycles. The second kappa shape index (κ2) is 12.0. The van der Waals surface area contributed by atoms with Gasteiger partial charge in [0.05, 0.1) is 35.8 Å². The van der Waals surface area contributed by atoms with Gasteiger partial charge < -0.3 is 24.5 Å². The molecule has 208 valence electrons. The first-order valence-corrected chi connectivity index (χ1v) is 14.5. The Morgan fingerprint density at radius 1 is 1.11 bits per heavy atom. The molecule has 0 unspecified atom stereocenters. The molecule has 12 heteroatoms. The first-order valence-electron chi connectivity index (χ1n) is 13.1. The van der Waals surface area contributed by atoms with Crippen LogP contribution in [0.25, 0.3) is 22.4 Å². The van der Waals surface area contributed by atoms with Crippen LogP contribution in [0.3, 0.4) is 0 Å². The largest absolute Gasteiger partial charge is 0.493 e. The van der Waals surface area contributed by atoms with Crippen LogP contribution in [0, 0.1) is 0 Å². The van der Waals surface area contributed by atoms with E-state index in [4.69, 9.17) is 9.72 Å². The minimum atomic E-state index is -3.81. The monoisotopic (exact) mass is 547 g/mol. The molecule has 11 nitrogen and oxygen atoms in total. The summed E-state index contributed by atoms with van der Waals surface area (Å²) < 4.78 is 36.2. The number of sulfonamides is 1. The zero-order valence-corrected chi connectivity index (χ0v) is 23.1. The molecule has 38 heavy (non-hydrogen) atoms. The third kappa shape index (κ3) is 5.36. The summed E-state index contributed by atoms with van der Waals surface area (Å²) in [4.78, 5) is 22.9. The van der Waals surface area contributed by atoms with Gasteiger partial charge in [0.1, 0.15) is 17.1 Å². The van der Waals surface area contributed by atoms with Crippen molar-refractivity contribution >= 4 is 21.1 Å². The number of aliphatic hydroxyl groups is 2. The predicted molar refractivity (Wildman–Crippen MR) is 145 cm³/mol. The second-order valence-electron chi connectivity index (χ2n) is 9.48. The Kier molecular flexibility index (Phi) is 8.89. The van der Waals surface area contributed by atoms with Crippen LogP contribution in [0.1, 0.15) is 37.9 Å². The molecule has 1 aliphatic rings. The van der Waals surface area contributed by atoms with Crippen LogP contribution in [0.5, 0.6) is 5.75 Å². The van der Waals surface area contributed by atoms with Crippen molar-refractivity contribution in [3.05, 3.63) is 39.8 Å². The average molecular weight is 548 g/mol. The lowest BCUT2D eigenvalue weighted by Gasteiger charge is -2.33. The van der Waals surface area contributed by atoms with E-state index < -0.39 is 10.0 Å². The summed E-state index contributed by atoms with van der Waals surface area (Å²) in [5, 5.41) is 19.2. The van der Waals surface area contributed by atoms with Crippen molar-refractivity contribution < 1.29 is 23.4 Å². The Morgan fingerprint density at radius 3 is 2.47 bits per heavy atom. The fraction of sp³-hybridized carbons (Fsp3) is 0.538. The number of hydrogen-bond acceptors (Lipinski definition) is 8. The number of piperazine rings is 1. The van der Waals surface area contributed by atoms with Crippen molar-refractivity contribution in [3.63, 3.8) is 0 Å². The van der Waals surface area contributed by atoms with E-state index in [0.717, 1.165) is 18.4 Å². The van der Waals surface area contributed by atoms with E-state index in [9.17, 15) is 23.4 Å². The highest BCUT2D eigenvalue weighted by molar-refractivity contribution is 7.89. The summed E-state index contributed by atoms with van der Waals surface area (Å²) in [6.07, 6.45) is 2.19. The van der Waals surface area contributed by atoms with E-state index in [-0.39, 0.29) is 29.5 Å². The molecular weight excluding hydrogens is 510 g/mol. The van der Waals surface area contributed by atoms with Crippen LogP contribution in [0.2, 0.25) is 0 Å². The van der Waals surface area contributed by atoms with E-state index in [1.54, 1.807) is 17.7 Å². The average Bonchev–Trinajstić information content (AvgIpc) is 3.18. The van der Waals surface area contributed by atoms with Crippen LogP contribution < -0.4 is 10.3 Å². The summed E-state index contributed by atoms with van der Waals surface area (Å²) in [5.41, 5.74) is 2.30. The van der Waals surface area contributed by atoms with Crippen molar-refractivity contribution in [2.75, 3.05) is 45.9 Å². The Bertz CT molecular complexity index is 1440. The first kappa shape index (κ1) is 28.2. The molecule has 0 bridgehead atoms. The van der Waals surface area contributed by atoms with E-state index in [1.807, 2.05) is 18.7 Å². The third-order valence-electron chi connectivity index (χ3n) is 6.97. The van der Waals surface area contributed by atoms with Gasteiger partial charge >= 0.3 is 0 Å². The van der Waals surface area contributed by atoms with E-state index >= 15 is 0 Å². The second-order valence-corrected chi connectivity index (χ2v) is 11.4. The zero-order valence-electron chi connectivity index (χ0n) is 22.2. The molecule has 0 amide bonds. The Morgan fingerprint density at radius 2 is 1.84 bits per heavy atom. The van der Waals surface area contributed by atoms with Gasteiger partial charge in [0, 0.05) is 51.0 Å². The molecule has 0 aliphatic carbocycles. The van der Waals surface area contributed by atoms with E-state index in [1.165, 1.54) is 16.4 Å². The molecule has 3 aromatic rings. The fourth-order valence-electron chi connectivity index (χ4n) is 4.98. The van der Waals surface area contributed by atoms with Crippen molar-refractivity contribution in [1.82, 2.24) is 23.7 Å². The number of aromatic nitrogens is 3. The topological polar surface area (TPSA) is 141 Å². The summed E-state index contributed by atoms with van der Waals surface area (Å²) in [6, 6.07) is 4.65. The summed E-state index contributed by atoms with van der Waals surface area (Å²) in [6.45, 7) is 6.45. The SMILES string of the molecule is CCCOc1ccc(S(=O)(=O)N2CCN(CCO)CC2)cc1-c1nc2c(CCC)c(CO)n(C)c2c(=O)[nH]1. The highest BCUT2D eigenvalue weighted by Gasteiger charge is 2.30. The highest BCUT2D eigenvalue weighted by Crippen LogP contribution is 2.33. The number of aliphatic hydroxyl groups excluding tert-OH is 2. The Balaban J connectivity index is 1.82. The molecule has 3 heterocycles. The minimum absolute atomic E-state index is 0.0338. The number of nitrogens with zero attached hydrogens (tertiary/aromatic N) is 4. The molecule has 1 saturated heterocycles. The van der Waals surface area contributed by atoms with Crippen LogP contribution in [-0.4, -0.2) is 88.3 Å². The van der Waals surface area contributed by atoms with E-state index in [2.05, 4.69) is 4.98 Å². The van der Waals surface area contributed by atoms with Gasteiger partial charge in [-0.3, -0.25) is 9.69 Å². The van der Waals surface area contributed by atoms with Crippen molar-refractivity contribution in [2.24, 2.45) is 7.05 Å². The van der Waals surface area contributed by atoms with Crippen LogP contribution in [0.15, 0.2) is 27.9 Å². The summed E-state index contributed by atoms with van der Waals surface area (Å²) in [7, 11) is -2.08. The van der Waals surface area contributed by atoms with E-state index in [0.29, 0.717) is 73.8 Å². The molecule has 1 aromatic carbocycles. The standard InChI is InChI=1S/C26H37N5O6S/c1-4-6-19-21(17-33)29(3)24-23(19)27-25(28-26(24)34)20-16-18(7-8-22(20)37-15-5-2)38(35,36)31-11-9-30(10-12-31)13-14-32/h7-8,16,32-33H,4-6,9-15,17H2,1-3H3,(H,27,28,34). The molecular formula is C26H37N5O6S. The lowest BCUT2D eigenvalue weighted by Crippen LogP contribution is -2.49. The molecule has 0 saturated carbocycles. The molecule has 1 aliphatic heterocycles. The maximum atomic E-state index is 13.6. The molecule has 0 radical (unpaired) electrons. The lowest BCUT2D eigenvalue weighted by atomic mass is 10.1. The normalized spacial score (nSPS) is 15.4. The molecule has 4 rings (SSSR count). The van der Waals surface area contributed by atoms with Gasteiger partial charge in [0.15, 0.2) is 0 Å². The number of β-amino-alcohol motifs (C(OH)–C–C–N with tert-alkyl or cyclic N) is 1. The predicted octanol–water partition coefficient (Wildman–Crippen LogP) is 1.46. The number of nitrogens with one attached hydrogen (secondary N) is 1. The first-order chi connectivity index (χ1) is 18.3. The van der Waals surface area contributed by atoms with Crippen molar-refractivity contribution in [1.29, 1.82) is 0 Å². The van der Waals surface area contributed by atoms with Gasteiger partial charge in [-0.05, 0) is 31.0 Å². The summed E-state index contributed by atoms with van der Waals surface area (Å²) in [5.74, 6) is 0.641. The van der Waals surface area contributed by atoms with Gasteiger partial charge in [0.25, 0.3) is 5.56 Å². The number of aromatic amines is 1. The van der Waals surface area contributed by atoms with Gasteiger partial charge in [-0.1, -0.05) is 20.3 Å². The number of H-pyrrole nitrogens is 1. The fourth-order valence-corrected chi connectivity index (χ4v) is 6.43. The quantitative estimate of drug-likeness (QED) is 0.328. The van der Waals surface area contributed by atoms with Crippen molar-refractivity contribution in [3.8, 4) is 17.1 Å². The van der Waals surface area contributed by atoms with Crippen LogP contribution in [0.4, 0.5) is 0 Å². The zero-order chi connectivity index (χ0) is 27.4. The van der Waals surface area contributed by atoms with Crippen LogP contribution in [-0.2, 0) is 30.1 Å². The number of rotatable bonds is 11. The molecule has 0 atom stereocenters. The van der Waals surface area contributed by atoms with Gasteiger partial charge in [-0.15, -0.1) is 0 Å². The summed E-state index contributed by atoms with van der Waals surface area (Å²) >= 11 is 0. The van der Waals surface area contributed by atoms with Crippen molar-refractivity contribution in [2.45, 2.75) is 44.6 Å². The lowest BCUT2D eigenvalue weighted by molar-refractivity contribution is 0.151. The van der Waals surface area contributed by atoms with Gasteiger partial charge in [-0.2, -0.15) is 4.31 Å². The number of hydrogen-bond donors (Lipinski definition) is 3. The Hall–Kier alpha value is -2.77. The van der Waals surface area contributed by atoms with Gasteiger partial charge in [-0.25, -0.2) is 13.4 Å². The third-order valence-corrected chi connectivity index (χ3v) is 8.87. The maximum Gasteiger partial charge on any atom is 0.275 e.